The number of hydrogen-bond donors (Lipinski definition) is 1. The highest BCUT2D eigenvalue weighted by molar-refractivity contribution is 8.18. The van der Waals surface area contributed by atoms with Crippen LogP contribution in [-0.4, -0.2) is 35.9 Å². The third kappa shape index (κ3) is 4.18. The molecule has 0 bridgehead atoms. The Bertz CT molecular complexity index is 1080. The number of ether oxygens (including phenoxy) is 3. The second-order valence-corrected chi connectivity index (χ2v) is 7.38. The van der Waals surface area contributed by atoms with Crippen molar-refractivity contribution in [3.8, 4) is 11.5 Å². The Morgan fingerprint density at radius 3 is 2.67 bits per heavy atom. The number of fused-ring (bicyclic) bond motifs is 1. The predicted molar refractivity (Wildman–Crippen MR) is 113 cm³/mol. The molecule has 2 aliphatic rings. The minimum Gasteiger partial charge on any atom is -0.506 e. The normalized spacial score (nSPS) is 18.2. The molecule has 0 atom stereocenters. The number of aliphatic hydroxyl groups is 1. The number of carbonyl (C=O) groups excluding carboxylic acids is 1. The van der Waals surface area contributed by atoms with Crippen LogP contribution in [0.15, 0.2) is 63.7 Å². The summed E-state index contributed by atoms with van der Waals surface area (Å²) in [6.45, 7) is 2.80. The number of halogens is 1. The third-order valence-electron chi connectivity index (χ3n) is 4.29. The van der Waals surface area contributed by atoms with Gasteiger partial charge in [-0.2, -0.15) is 0 Å². The molecule has 0 unspecified atom stereocenters. The molecule has 30 heavy (non-hydrogen) atoms. The quantitative estimate of drug-likeness (QED) is 0.707. The Morgan fingerprint density at radius 2 is 1.93 bits per heavy atom. The first kappa shape index (κ1) is 20.0. The van der Waals surface area contributed by atoms with Gasteiger partial charge in [-0.25, -0.2) is 14.2 Å². The molecule has 8 heteroatoms. The van der Waals surface area contributed by atoms with E-state index in [9.17, 15) is 14.3 Å². The summed E-state index contributed by atoms with van der Waals surface area (Å²) in [5, 5.41) is 11.0. The summed E-state index contributed by atoms with van der Waals surface area (Å²) in [6, 6.07) is 11.0. The van der Waals surface area contributed by atoms with E-state index in [1.54, 1.807) is 25.1 Å². The molecule has 0 aliphatic carbocycles. The van der Waals surface area contributed by atoms with Crippen molar-refractivity contribution in [3.05, 3.63) is 70.1 Å². The largest absolute Gasteiger partial charge is 0.506 e. The van der Waals surface area contributed by atoms with E-state index in [-0.39, 0.29) is 28.8 Å². The highest BCUT2D eigenvalue weighted by Crippen LogP contribution is 2.41. The molecule has 154 valence electrons. The van der Waals surface area contributed by atoms with Crippen molar-refractivity contribution >= 4 is 34.5 Å². The first-order chi connectivity index (χ1) is 14.5. The molecule has 0 fully saturated rings. The first-order valence-corrected chi connectivity index (χ1v) is 10.1. The Hall–Kier alpha value is -3.26. The van der Waals surface area contributed by atoms with Gasteiger partial charge < -0.3 is 19.3 Å². The van der Waals surface area contributed by atoms with Gasteiger partial charge in [-0.15, -0.1) is 0 Å². The molecule has 2 aliphatic heterocycles. The molecule has 2 aromatic rings. The van der Waals surface area contributed by atoms with Crippen LogP contribution in [0.1, 0.15) is 12.5 Å². The van der Waals surface area contributed by atoms with E-state index in [4.69, 9.17) is 14.2 Å². The molecule has 2 heterocycles. The molecule has 2 aromatic carbocycles. The lowest BCUT2D eigenvalue weighted by molar-refractivity contribution is -0.138. The van der Waals surface area contributed by atoms with Crippen LogP contribution in [0.25, 0.3) is 6.08 Å². The predicted octanol–water partition coefficient (Wildman–Crippen LogP) is 4.79. The van der Waals surface area contributed by atoms with Crippen LogP contribution in [0.3, 0.4) is 0 Å². The third-order valence-corrected chi connectivity index (χ3v) is 5.31. The summed E-state index contributed by atoms with van der Waals surface area (Å²) in [5.74, 6) is 0.00487. The fraction of sp³-hybridized carbons (Fsp3) is 0.182. The summed E-state index contributed by atoms with van der Waals surface area (Å²) in [4.78, 5) is 17.3. The summed E-state index contributed by atoms with van der Waals surface area (Å²) in [6.07, 6.45) is 1.73. The summed E-state index contributed by atoms with van der Waals surface area (Å²) in [5.41, 5.74) is 1.20. The molecule has 0 saturated heterocycles. The SMILES string of the molecule is CCOC(=O)C1=C(O)C(=Cc2ccc3c(c2)OCCO3)SC1=Nc1ccc(F)cc1. The molecular weight excluding hydrogens is 409 g/mol. The van der Waals surface area contributed by atoms with Gasteiger partial charge in [0.25, 0.3) is 0 Å². The Morgan fingerprint density at radius 1 is 1.20 bits per heavy atom. The van der Waals surface area contributed by atoms with Crippen LogP contribution < -0.4 is 9.47 Å². The minimum atomic E-state index is -0.672. The standard InChI is InChI=1S/C22H18FNO5S/c1-2-27-22(26)19-20(25)18(30-21(19)24-15-6-4-14(23)5-7-15)12-13-3-8-16-17(11-13)29-10-9-28-16/h3-8,11-12,25H,2,9-10H2,1H3. The van der Waals surface area contributed by atoms with Crippen LogP contribution in [0, 0.1) is 5.82 Å². The van der Waals surface area contributed by atoms with Gasteiger partial charge in [-0.1, -0.05) is 17.8 Å². The molecule has 0 saturated carbocycles. The van der Waals surface area contributed by atoms with E-state index in [1.165, 1.54) is 24.3 Å². The van der Waals surface area contributed by atoms with E-state index < -0.39 is 5.97 Å². The number of carbonyl (C=O) groups is 1. The lowest BCUT2D eigenvalue weighted by atomic mass is 10.1. The molecule has 0 aromatic heterocycles. The maximum absolute atomic E-state index is 13.2. The Labute approximate surface area is 176 Å². The van der Waals surface area contributed by atoms with Gasteiger partial charge in [0, 0.05) is 0 Å². The molecule has 1 N–H and O–H groups in total. The lowest BCUT2D eigenvalue weighted by Gasteiger charge is -2.18. The number of rotatable bonds is 4. The van der Waals surface area contributed by atoms with Gasteiger partial charge in [0.05, 0.1) is 17.2 Å². The van der Waals surface area contributed by atoms with Crippen molar-refractivity contribution < 1.29 is 28.5 Å². The monoisotopic (exact) mass is 427 g/mol. The molecule has 0 amide bonds. The molecule has 0 spiro atoms. The minimum absolute atomic E-state index is 0.0185. The van der Waals surface area contributed by atoms with Crippen molar-refractivity contribution in [3.63, 3.8) is 0 Å². The highest BCUT2D eigenvalue weighted by atomic mass is 32.2. The number of benzene rings is 2. The number of esters is 1. The average Bonchev–Trinajstić information content (AvgIpc) is 3.04. The van der Waals surface area contributed by atoms with Crippen LogP contribution in [0.2, 0.25) is 0 Å². The second kappa shape index (κ2) is 8.62. The van der Waals surface area contributed by atoms with E-state index >= 15 is 0 Å². The Balaban J connectivity index is 1.71. The van der Waals surface area contributed by atoms with Crippen LogP contribution >= 0.6 is 11.8 Å². The average molecular weight is 427 g/mol. The van der Waals surface area contributed by atoms with Crippen molar-refractivity contribution in [1.82, 2.24) is 0 Å². The van der Waals surface area contributed by atoms with Crippen molar-refractivity contribution in [2.24, 2.45) is 4.99 Å². The van der Waals surface area contributed by atoms with Crippen molar-refractivity contribution in [2.75, 3.05) is 19.8 Å². The van der Waals surface area contributed by atoms with Gasteiger partial charge in [-0.3, -0.25) is 0 Å². The van der Waals surface area contributed by atoms with Gasteiger partial charge in [0.15, 0.2) is 11.5 Å². The van der Waals surface area contributed by atoms with E-state index in [0.29, 0.717) is 35.3 Å². The zero-order valence-corrected chi connectivity index (χ0v) is 16.9. The second-order valence-electron chi connectivity index (χ2n) is 6.35. The van der Waals surface area contributed by atoms with Crippen LogP contribution in [0.4, 0.5) is 10.1 Å². The molecule has 4 rings (SSSR count). The number of aliphatic imine (C=N–C) groups is 1. The number of thioether (sulfide) groups is 1. The number of aliphatic hydroxyl groups excluding tert-OH is 1. The van der Waals surface area contributed by atoms with Crippen LogP contribution in [0.5, 0.6) is 11.5 Å². The zero-order chi connectivity index (χ0) is 21.1. The van der Waals surface area contributed by atoms with Gasteiger partial charge in [0.1, 0.15) is 35.4 Å². The van der Waals surface area contributed by atoms with Gasteiger partial charge in [0.2, 0.25) is 0 Å². The smallest absolute Gasteiger partial charge is 0.344 e. The maximum Gasteiger partial charge on any atom is 0.344 e. The van der Waals surface area contributed by atoms with Gasteiger partial charge in [-0.05, 0) is 55.0 Å². The van der Waals surface area contributed by atoms with Gasteiger partial charge >= 0.3 is 5.97 Å². The lowest BCUT2D eigenvalue weighted by Crippen LogP contribution is -2.15. The summed E-state index contributed by atoms with van der Waals surface area (Å²) in [7, 11) is 0. The molecule has 0 radical (unpaired) electrons. The van der Waals surface area contributed by atoms with Crippen molar-refractivity contribution in [2.45, 2.75) is 6.92 Å². The van der Waals surface area contributed by atoms with Crippen LogP contribution in [-0.2, 0) is 9.53 Å². The first-order valence-electron chi connectivity index (χ1n) is 9.29. The fourth-order valence-electron chi connectivity index (χ4n) is 2.93. The van der Waals surface area contributed by atoms with E-state index in [0.717, 1.165) is 17.3 Å². The summed E-state index contributed by atoms with van der Waals surface area (Å²) < 4.78 is 29.4. The van der Waals surface area contributed by atoms with Crippen molar-refractivity contribution in [1.29, 1.82) is 0 Å². The maximum atomic E-state index is 13.2. The fourth-order valence-corrected chi connectivity index (χ4v) is 3.96. The zero-order valence-electron chi connectivity index (χ0n) is 16.1. The molecular formula is C22H18FNO5S. The Kier molecular flexibility index (Phi) is 5.76. The summed E-state index contributed by atoms with van der Waals surface area (Å²) >= 11 is 1.13. The highest BCUT2D eigenvalue weighted by Gasteiger charge is 2.33. The topological polar surface area (TPSA) is 77.4 Å². The van der Waals surface area contributed by atoms with E-state index in [2.05, 4.69) is 4.99 Å². The number of nitrogens with zero attached hydrogens (tertiary/aromatic N) is 1. The van der Waals surface area contributed by atoms with E-state index in [1.807, 2.05) is 6.07 Å². The number of hydrogen-bond acceptors (Lipinski definition) is 7. The molecule has 6 nitrogen and oxygen atoms in total.